The van der Waals surface area contributed by atoms with Crippen LogP contribution in [0.1, 0.15) is 26.2 Å². The molecule has 72 valence electrons. The van der Waals surface area contributed by atoms with Gasteiger partial charge in [-0.25, -0.2) is 0 Å². The highest BCUT2D eigenvalue weighted by atomic mass is 28.2. The average Bonchev–Trinajstić information content (AvgIpc) is 2.84. The monoisotopic (exact) mass is 188 g/mol. The van der Waals surface area contributed by atoms with E-state index in [1.54, 1.807) is 0 Å². The van der Waals surface area contributed by atoms with Crippen LogP contribution in [0.5, 0.6) is 0 Å². The Kier molecular flexibility index (Phi) is 4.88. The summed E-state index contributed by atoms with van der Waals surface area (Å²) in [5, 5.41) is 0. The number of ether oxygens (including phenoxy) is 1. The molecule has 2 nitrogen and oxygen atoms in total. The van der Waals surface area contributed by atoms with Crippen molar-refractivity contribution in [2.75, 3.05) is 13.7 Å². The molecular weight excluding hydrogens is 168 g/mol. The van der Waals surface area contributed by atoms with E-state index in [1.807, 2.05) is 7.11 Å². The van der Waals surface area contributed by atoms with Gasteiger partial charge in [-0.2, -0.15) is 0 Å². The Balaban J connectivity index is 2.07. The maximum Gasteiger partial charge on any atom is 0.161 e. The van der Waals surface area contributed by atoms with Crippen molar-refractivity contribution in [3.05, 3.63) is 0 Å². The summed E-state index contributed by atoms with van der Waals surface area (Å²) < 4.78 is 10.5. The molecular formula is C9H20O2Si. The van der Waals surface area contributed by atoms with Crippen molar-refractivity contribution < 1.29 is 9.16 Å². The maximum atomic E-state index is 5.24. The third kappa shape index (κ3) is 4.23. The fourth-order valence-electron chi connectivity index (χ4n) is 1.65. The van der Waals surface area contributed by atoms with Crippen LogP contribution in [0.25, 0.3) is 0 Å². The molecule has 0 aliphatic carbocycles. The first-order valence-electron chi connectivity index (χ1n) is 4.97. The predicted molar refractivity (Wildman–Crippen MR) is 53.1 cm³/mol. The number of epoxide rings is 1. The van der Waals surface area contributed by atoms with Gasteiger partial charge in [-0.3, -0.25) is 0 Å². The third-order valence-electron chi connectivity index (χ3n) is 2.43. The summed E-state index contributed by atoms with van der Waals surface area (Å²) in [4.78, 5) is 0. The molecule has 1 saturated heterocycles. The van der Waals surface area contributed by atoms with Crippen molar-refractivity contribution in [3.63, 3.8) is 0 Å². The lowest BCUT2D eigenvalue weighted by Crippen LogP contribution is -2.08. The van der Waals surface area contributed by atoms with Gasteiger partial charge in [-0.15, -0.1) is 0 Å². The fraction of sp³-hybridized carbons (Fsp3) is 1.00. The lowest BCUT2D eigenvalue weighted by molar-refractivity contribution is 0.345. The highest BCUT2D eigenvalue weighted by molar-refractivity contribution is 6.27. The third-order valence-corrected chi connectivity index (χ3v) is 3.89. The van der Waals surface area contributed by atoms with Crippen molar-refractivity contribution in [3.8, 4) is 0 Å². The molecule has 0 bridgehead atoms. The van der Waals surface area contributed by atoms with Gasteiger partial charge in [0.2, 0.25) is 0 Å². The minimum absolute atomic E-state index is 0.217. The van der Waals surface area contributed by atoms with Gasteiger partial charge in [-0.05, 0) is 18.4 Å². The van der Waals surface area contributed by atoms with E-state index in [0.717, 1.165) is 12.5 Å². The molecule has 0 aromatic rings. The van der Waals surface area contributed by atoms with E-state index in [-0.39, 0.29) is 9.76 Å². The number of hydrogen-bond acceptors (Lipinski definition) is 2. The zero-order chi connectivity index (χ0) is 8.81. The zero-order valence-electron chi connectivity index (χ0n) is 8.21. The van der Waals surface area contributed by atoms with Gasteiger partial charge in [-0.1, -0.05) is 19.8 Å². The molecule has 0 aromatic carbocycles. The van der Waals surface area contributed by atoms with Gasteiger partial charge >= 0.3 is 0 Å². The standard InChI is InChI=1S/C9H20O2Si/c1-3-4-8(7-12-10-2)5-9-6-11-9/h8-9H,3-7,12H2,1-2H3. The normalized spacial score (nSPS) is 25.0. The molecule has 1 aliphatic heterocycles. The van der Waals surface area contributed by atoms with Crippen LogP contribution in [0.4, 0.5) is 0 Å². The largest absolute Gasteiger partial charge is 0.427 e. The molecule has 0 spiro atoms. The van der Waals surface area contributed by atoms with Crippen molar-refractivity contribution in [2.24, 2.45) is 5.92 Å². The molecule has 12 heavy (non-hydrogen) atoms. The Hall–Kier alpha value is 0.137. The first-order chi connectivity index (χ1) is 5.86. The van der Waals surface area contributed by atoms with Crippen LogP contribution in [0.15, 0.2) is 0 Å². The van der Waals surface area contributed by atoms with Gasteiger partial charge in [0, 0.05) is 7.11 Å². The zero-order valence-corrected chi connectivity index (χ0v) is 9.63. The second kappa shape index (κ2) is 5.73. The molecule has 1 rings (SSSR count). The summed E-state index contributed by atoms with van der Waals surface area (Å²) >= 11 is 0. The van der Waals surface area contributed by atoms with Gasteiger partial charge in [0.15, 0.2) is 9.76 Å². The Morgan fingerprint density at radius 2 is 2.42 bits per heavy atom. The Bertz CT molecular complexity index is 115. The summed E-state index contributed by atoms with van der Waals surface area (Å²) in [6.45, 7) is 3.27. The van der Waals surface area contributed by atoms with E-state index in [2.05, 4.69) is 6.92 Å². The summed E-state index contributed by atoms with van der Waals surface area (Å²) in [6.07, 6.45) is 4.54. The van der Waals surface area contributed by atoms with Crippen LogP contribution in [-0.4, -0.2) is 29.6 Å². The molecule has 1 fully saturated rings. The Morgan fingerprint density at radius 3 is 2.92 bits per heavy atom. The van der Waals surface area contributed by atoms with Crippen LogP contribution >= 0.6 is 0 Å². The van der Waals surface area contributed by atoms with Crippen molar-refractivity contribution >= 4 is 9.76 Å². The summed E-state index contributed by atoms with van der Waals surface area (Å²) in [7, 11) is 1.62. The van der Waals surface area contributed by atoms with Gasteiger partial charge < -0.3 is 9.16 Å². The van der Waals surface area contributed by atoms with Gasteiger partial charge in [0.05, 0.1) is 12.7 Å². The van der Waals surface area contributed by atoms with E-state index in [0.29, 0.717) is 6.10 Å². The molecule has 0 saturated carbocycles. The topological polar surface area (TPSA) is 21.8 Å². The van der Waals surface area contributed by atoms with Gasteiger partial charge in [0.1, 0.15) is 0 Å². The van der Waals surface area contributed by atoms with Crippen LogP contribution in [0.3, 0.4) is 0 Å². The number of rotatable bonds is 7. The predicted octanol–water partition coefficient (Wildman–Crippen LogP) is 1.34. The van der Waals surface area contributed by atoms with E-state index < -0.39 is 0 Å². The summed E-state index contributed by atoms with van der Waals surface area (Å²) in [5.41, 5.74) is 0. The highest BCUT2D eigenvalue weighted by Crippen LogP contribution is 2.25. The average molecular weight is 188 g/mol. The maximum absolute atomic E-state index is 5.24. The van der Waals surface area contributed by atoms with Crippen LogP contribution < -0.4 is 0 Å². The van der Waals surface area contributed by atoms with Crippen molar-refractivity contribution in [1.29, 1.82) is 0 Å². The minimum Gasteiger partial charge on any atom is -0.427 e. The molecule has 3 heteroatoms. The quantitative estimate of drug-likeness (QED) is 0.444. The Labute approximate surface area is 77.6 Å². The molecule has 0 aromatic heterocycles. The second-order valence-corrected chi connectivity index (χ2v) is 5.19. The van der Waals surface area contributed by atoms with Crippen molar-refractivity contribution in [2.45, 2.75) is 38.3 Å². The summed E-state index contributed by atoms with van der Waals surface area (Å²) in [5.74, 6) is 0.883. The smallest absolute Gasteiger partial charge is 0.161 e. The Morgan fingerprint density at radius 1 is 1.67 bits per heavy atom. The molecule has 0 radical (unpaired) electrons. The van der Waals surface area contributed by atoms with E-state index in [4.69, 9.17) is 9.16 Å². The van der Waals surface area contributed by atoms with Crippen LogP contribution in [0.2, 0.25) is 6.04 Å². The second-order valence-electron chi connectivity index (χ2n) is 3.63. The molecule has 0 N–H and O–H groups in total. The molecule has 2 unspecified atom stereocenters. The first-order valence-corrected chi connectivity index (χ1v) is 6.55. The molecule has 1 aliphatic rings. The van der Waals surface area contributed by atoms with E-state index >= 15 is 0 Å². The lowest BCUT2D eigenvalue weighted by atomic mass is 10.0. The van der Waals surface area contributed by atoms with Gasteiger partial charge in [0.25, 0.3) is 0 Å². The molecule has 1 heterocycles. The first kappa shape index (κ1) is 10.2. The summed E-state index contributed by atoms with van der Waals surface area (Å²) in [6, 6.07) is 1.34. The number of hydrogen-bond donors (Lipinski definition) is 0. The lowest BCUT2D eigenvalue weighted by Gasteiger charge is -2.13. The molecule has 0 amide bonds. The fourth-order valence-corrected chi connectivity index (χ4v) is 2.74. The van der Waals surface area contributed by atoms with E-state index in [1.165, 1.54) is 25.3 Å². The minimum atomic E-state index is -0.217. The highest BCUT2D eigenvalue weighted by Gasteiger charge is 2.25. The van der Waals surface area contributed by atoms with Crippen LogP contribution in [0, 0.1) is 5.92 Å². The van der Waals surface area contributed by atoms with Crippen LogP contribution in [-0.2, 0) is 9.16 Å². The molecule has 2 atom stereocenters. The van der Waals surface area contributed by atoms with E-state index in [9.17, 15) is 0 Å². The van der Waals surface area contributed by atoms with Crippen molar-refractivity contribution in [1.82, 2.24) is 0 Å². The SMILES string of the molecule is CCCC(C[SiH2]OC)CC1CO1.